The first-order chi connectivity index (χ1) is 8.99. The standard InChI is InChI=1S/C16H26N2O/c1-11-8-9-16(19)15(10-11)14(4)17-18-12(2)6-5-7-13(18)3/h8-10,12-14,17,19H,5-7H2,1-4H3. The normalized spacial score (nSPS) is 26.3. The predicted octanol–water partition coefficient (Wildman–Crippen LogP) is 3.53. The van der Waals surface area contributed by atoms with Gasteiger partial charge in [-0.2, -0.15) is 0 Å². The Labute approximate surface area is 116 Å². The van der Waals surface area contributed by atoms with Gasteiger partial charge >= 0.3 is 0 Å². The van der Waals surface area contributed by atoms with E-state index in [-0.39, 0.29) is 6.04 Å². The summed E-state index contributed by atoms with van der Waals surface area (Å²) in [6, 6.07) is 7.02. The summed E-state index contributed by atoms with van der Waals surface area (Å²) in [4.78, 5) is 0. The average molecular weight is 262 g/mol. The molecule has 0 aromatic heterocycles. The second-order valence-corrected chi connectivity index (χ2v) is 5.95. The number of phenols is 1. The minimum Gasteiger partial charge on any atom is -0.508 e. The van der Waals surface area contributed by atoms with Gasteiger partial charge in [0.2, 0.25) is 0 Å². The number of benzene rings is 1. The predicted molar refractivity (Wildman–Crippen MR) is 79.0 cm³/mol. The Hall–Kier alpha value is -1.06. The number of hydrogen-bond donors (Lipinski definition) is 2. The van der Waals surface area contributed by atoms with Crippen molar-refractivity contribution in [2.45, 2.75) is 65.1 Å². The Kier molecular flexibility index (Phi) is 4.48. The SMILES string of the molecule is Cc1ccc(O)c(C(C)NN2C(C)CCCC2C)c1. The van der Waals surface area contributed by atoms with E-state index in [0.717, 1.165) is 5.56 Å². The van der Waals surface area contributed by atoms with Gasteiger partial charge < -0.3 is 5.11 Å². The highest BCUT2D eigenvalue weighted by Gasteiger charge is 2.26. The lowest BCUT2D eigenvalue weighted by molar-refractivity contribution is 0.0317. The molecule has 1 aromatic rings. The summed E-state index contributed by atoms with van der Waals surface area (Å²) in [5.74, 6) is 0.378. The first kappa shape index (κ1) is 14.4. The minimum absolute atomic E-state index is 0.128. The summed E-state index contributed by atoms with van der Waals surface area (Å²) >= 11 is 0. The molecule has 3 unspecified atom stereocenters. The molecule has 0 radical (unpaired) electrons. The lowest BCUT2D eigenvalue weighted by Gasteiger charge is -2.41. The maximum Gasteiger partial charge on any atom is 0.120 e. The third-order valence-corrected chi connectivity index (χ3v) is 4.19. The van der Waals surface area contributed by atoms with Crippen molar-refractivity contribution in [1.82, 2.24) is 10.4 Å². The van der Waals surface area contributed by atoms with Crippen LogP contribution >= 0.6 is 0 Å². The molecule has 1 aromatic carbocycles. The van der Waals surface area contributed by atoms with Crippen molar-refractivity contribution < 1.29 is 5.11 Å². The zero-order valence-corrected chi connectivity index (χ0v) is 12.5. The number of nitrogens with one attached hydrogen (secondary N) is 1. The van der Waals surface area contributed by atoms with Crippen LogP contribution in [0.4, 0.5) is 0 Å². The number of hydrazine groups is 1. The summed E-state index contributed by atoms with van der Waals surface area (Å²) in [6.07, 6.45) is 3.79. The molecule has 0 bridgehead atoms. The summed E-state index contributed by atoms with van der Waals surface area (Å²) in [6.45, 7) is 8.71. The maximum atomic E-state index is 10.0. The Bertz CT molecular complexity index is 423. The fourth-order valence-electron chi connectivity index (χ4n) is 2.99. The number of hydrogen-bond acceptors (Lipinski definition) is 3. The lowest BCUT2D eigenvalue weighted by Crippen LogP contribution is -2.52. The van der Waals surface area contributed by atoms with Crippen LogP contribution in [0.5, 0.6) is 5.75 Å². The molecule has 19 heavy (non-hydrogen) atoms. The van der Waals surface area contributed by atoms with Crippen LogP contribution in [-0.2, 0) is 0 Å². The van der Waals surface area contributed by atoms with E-state index in [1.165, 1.54) is 24.8 Å². The van der Waals surface area contributed by atoms with Crippen molar-refractivity contribution in [2.24, 2.45) is 0 Å². The number of aryl methyl sites for hydroxylation is 1. The molecule has 3 heteroatoms. The molecule has 0 amide bonds. The molecule has 0 saturated carbocycles. The monoisotopic (exact) mass is 262 g/mol. The molecule has 106 valence electrons. The Morgan fingerprint density at radius 1 is 1.26 bits per heavy atom. The van der Waals surface area contributed by atoms with Crippen molar-refractivity contribution in [1.29, 1.82) is 0 Å². The molecule has 0 spiro atoms. The van der Waals surface area contributed by atoms with Gasteiger partial charge in [0.25, 0.3) is 0 Å². The second-order valence-electron chi connectivity index (χ2n) is 5.95. The smallest absolute Gasteiger partial charge is 0.120 e. The van der Waals surface area contributed by atoms with Crippen LogP contribution in [0.15, 0.2) is 18.2 Å². The fourth-order valence-corrected chi connectivity index (χ4v) is 2.99. The number of piperidine rings is 1. The van der Waals surface area contributed by atoms with E-state index < -0.39 is 0 Å². The number of rotatable bonds is 3. The van der Waals surface area contributed by atoms with Gasteiger partial charge in [-0.3, -0.25) is 0 Å². The molecule has 1 aliphatic heterocycles. The Morgan fingerprint density at radius 3 is 2.53 bits per heavy atom. The van der Waals surface area contributed by atoms with Crippen LogP contribution in [0.2, 0.25) is 0 Å². The molecule has 1 fully saturated rings. The van der Waals surface area contributed by atoms with E-state index in [1.807, 2.05) is 6.07 Å². The third-order valence-electron chi connectivity index (χ3n) is 4.19. The van der Waals surface area contributed by atoms with Gasteiger partial charge in [0.1, 0.15) is 5.75 Å². The van der Waals surface area contributed by atoms with E-state index in [2.05, 4.69) is 44.2 Å². The zero-order chi connectivity index (χ0) is 14.0. The largest absolute Gasteiger partial charge is 0.508 e. The average Bonchev–Trinajstić information content (AvgIpc) is 2.37. The first-order valence-corrected chi connectivity index (χ1v) is 7.33. The van der Waals surface area contributed by atoms with Gasteiger partial charge in [-0.25, -0.2) is 10.4 Å². The van der Waals surface area contributed by atoms with Crippen LogP contribution in [0.1, 0.15) is 57.2 Å². The zero-order valence-electron chi connectivity index (χ0n) is 12.5. The summed E-state index contributed by atoms with van der Waals surface area (Å²) in [5, 5.41) is 12.4. The molecule has 2 rings (SSSR count). The van der Waals surface area contributed by atoms with E-state index in [9.17, 15) is 5.11 Å². The molecule has 2 N–H and O–H groups in total. The van der Waals surface area contributed by atoms with Gasteiger partial charge in [0.15, 0.2) is 0 Å². The van der Waals surface area contributed by atoms with Crippen molar-refractivity contribution >= 4 is 0 Å². The number of phenolic OH excluding ortho intramolecular Hbond substituents is 1. The van der Waals surface area contributed by atoms with Crippen molar-refractivity contribution in [3.8, 4) is 5.75 Å². The van der Waals surface area contributed by atoms with Crippen LogP contribution in [0.3, 0.4) is 0 Å². The summed E-state index contributed by atoms with van der Waals surface area (Å²) in [5.41, 5.74) is 5.73. The highest BCUT2D eigenvalue weighted by Crippen LogP contribution is 2.27. The molecule has 3 nitrogen and oxygen atoms in total. The third kappa shape index (κ3) is 3.28. The van der Waals surface area contributed by atoms with E-state index in [0.29, 0.717) is 17.8 Å². The van der Waals surface area contributed by atoms with Crippen molar-refractivity contribution in [3.05, 3.63) is 29.3 Å². The molecular weight excluding hydrogens is 236 g/mol. The molecule has 3 atom stereocenters. The Morgan fingerprint density at radius 2 is 1.89 bits per heavy atom. The first-order valence-electron chi connectivity index (χ1n) is 7.33. The van der Waals surface area contributed by atoms with Crippen LogP contribution in [-0.4, -0.2) is 22.2 Å². The second kappa shape index (κ2) is 5.93. The van der Waals surface area contributed by atoms with Crippen molar-refractivity contribution in [3.63, 3.8) is 0 Å². The molecule has 1 saturated heterocycles. The van der Waals surface area contributed by atoms with E-state index in [1.54, 1.807) is 6.07 Å². The van der Waals surface area contributed by atoms with Gasteiger partial charge in [-0.15, -0.1) is 0 Å². The number of aromatic hydroxyl groups is 1. The van der Waals surface area contributed by atoms with Gasteiger partial charge in [-0.05, 0) is 46.6 Å². The van der Waals surface area contributed by atoms with Crippen molar-refractivity contribution in [2.75, 3.05) is 0 Å². The lowest BCUT2D eigenvalue weighted by atomic mass is 9.99. The van der Waals surface area contributed by atoms with Crippen LogP contribution < -0.4 is 5.43 Å². The van der Waals surface area contributed by atoms with E-state index >= 15 is 0 Å². The summed E-state index contributed by atoms with van der Waals surface area (Å²) < 4.78 is 0. The maximum absolute atomic E-state index is 10.0. The van der Waals surface area contributed by atoms with Gasteiger partial charge in [-0.1, -0.05) is 24.1 Å². The highest BCUT2D eigenvalue weighted by molar-refractivity contribution is 5.37. The van der Waals surface area contributed by atoms with Crippen LogP contribution in [0.25, 0.3) is 0 Å². The fraction of sp³-hybridized carbons (Fsp3) is 0.625. The molecular formula is C16H26N2O. The number of nitrogens with zero attached hydrogens (tertiary/aromatic N) is 1. The van der Waals surface area contributed by atoms with Gasteiger partial charge in [0, 0.05) is 23.7 Å². The molecule has 1 heterocycles. The van der Waals surface area contributed by atoms with Gasteiger partial charge in [0.05, 0.1) is 0 Å². The topological polar surface area (TPSA) is 35.5 Å². The highest BCUT2D eigenvalue weighted by atomic mass is 16.3. The Balaban J connectivity index is 2.11. The minimum atomic E-state index is 0.128. The molecule has 1 aliphatic rings. The quantitative estimate of drug-likeness (QED) is 0.874. The molecule has 0 aliphatic carbocycles. The van der Waals surface area contributed by atoms with E-state index in [4.69, 9.17) is 0 Å². The van der Waals surface area contributed by atoms with Crippen LogP contribution in [0, 0.1) is 6.92 Å². The summed E-state index contributed by atoms with van der Waals surface area (Å²) in [7, 11) is 0.